The van der Waals surface area contributed by atoms with Crippen molar-refractivity contribution < 1.29 is 14.0 Å². The van der Waals surface area contributed by atoms with E-state index in [1.54, 1.807) is 12.1 Å². The molecule has 0 aliphatic rings. The molecule has 0 aliphatic heterocycles. The highest BCUT2D eigenvalue weighted by Crippen LogP contribution is 2.29. The summed E-state index contributed by atoms with van der Waals surface area (Å²) in [5.41, 5.74) is 3.78. The average molecular weight is 379 g/mol. The third-order valence-corrected chi connectivity index (χ3v) is 4.71. The van der Waals surface area contributed by atoms with Gasteiger partial charge in [0.25, 0.3) is 5.91 Å². The molecule has 1 aromatic heterocycles. The van der Waals surface area contributed by atoms with Crippen LogP contribution in [0.15, 0.2) is 46.9 Å². The molecule has 3 aromatic rings. The number of aryl methyl sites for hydroxylation is 2. The monoisotopic (exact) mass is 379 g/mol. The van der Waals surface area contributed by atoms with Crippen molar-refractivity contribution in [3.63, 3.8) is 0 Å². The largest absolute Gasteiger partial charge is 0.459 e. The van der Waals surface area contributed by atoms with Gasteiger partial charge in [-0.3, -0.25) is 4.79 Å². The summed E-state index contributed by atoms with van der Waals surface area (Å²) in [5, 5.41) is 9.53. The van der Waals surface area contributed by atoms with Crippen molar-refractivity contribution in [2.45, 2.75) is 33.7 Å². The number of benzene rings is 2. The number of hydrogen-bond donors (Lipinski definition) is 3. The van der Waals surface area contributed by atoms with E-state index < -0.39 is 0 Å². The predicted octanol–water partition coefficient (Wildman–Crippen LogP) is 4.68. The average Bonchev–Trinajstić information content (AvgIpc) is 3.01. The van der Waals surface area contributed by atoms with Gasteiger partial charge in [-0.1, -0.05) is 24.3 Å². The predicted molar refractivity (Wildman–Crippen MR) is 111 cm³/mol. The minimum absolute atomic E-state index is 0.169. The molecule has 0 fully saturated rings. The first-order chi connectivity index (χ1) is 13.4. The maximum Gasteiger partial charge on any atom is 0.319 e. The number of carbonyl (C=O) groups excluding carboxylic acids is 2. The molecule has 0 radical (unpaired) electrons. The topological polar surface area (TPSA) is 83.4 Å². The van der Waals surface area contributed by atoms with Gasteiger partial charge in [0.15, 0.2) is 0 Å². The zero-order valence-corrected chi connectivity index (χ0v) is 16.6. The van der Waals surface area contributed by atoms with E-state index in [0.29, 0.717) is 17.8 Å². The van der Waals surface area contributed by atoms with E-state index in [9.17, 15) is 9.59 Å². The van der Waals surface area contributed by atoms with Gasteiger partial charge >= 0.3 is 6.03 Å². The van der Waals surface area contributed by atoms with Gasteiger partial charge < -0.3 is 20.4 Å². The molecule has 1 heterocycles. The van der Waals surface area contributed by atoms with Crippen molar-refractivity contribution in [2.24, 2.45) is 0 Å². The van der Waals surface area contributed by atoms with Gasteiger partial charge in [0, 0.05) is 28.7 Å². The highest BCUT2D eigenvalue weighted by atomic mass is 16.3. The quantitative estimate of drug-likeness (QED) is 0.602. The fourth-order valence-corrected chi connectivity index (χ4v) is 3.19. The van der Waals surface area contributed by atoms with Gasteiger partial charge in [0.1, 0.15) is 11.3 Å². The first-order valence-corrected chi connectivity index (χ1v) is 9.35. The molecule has 6 heteroatoms. The Kier molecular flexibility index (Phi) is 5.68. The maximum atomic E-state index is 12.5. The summed E-state index contributed by atoms with van der Waals surface area (Å²) in [6.07, 6.45) is 0. The number of fused-ring (bicyclic) bond motifs is 1. The molecule has 2 aromatic carbocycles. The zero-order chi connectivity index (χ0) is 20.3. The maximum absolute atomic E-state index is 12.5. The van der Waals surface area contributed by atoms with Crippen molar-refractivity contribution in [1.29, 1.82) is 0 Å². The number of furan rings is 1. The Balaban J connectivity index is 1.73. The van der Waals surface area contributed by atoms with E-state index in [2.05, 4.69) is 16.0 Å². The van der Waals surface area contributed by atoms with Crippen LogP contribution in [0.25, 0.3) is 11.0 Å². The van der Waals surface area contributed by atoms with Crippen molar-refractivity contribution in [2.75, 3.05) is 11.9 Å². The van der Waals surface area contributed by atoms with E-state index >= 15 is 0 Å². The SMILES string of the molecule is CCNC(=O)c1ccc(C)c(NC(=O)N[C@H](C)c2oc3ccccc3c2C)c1. The summed E-state index contributed by atoms with van der Waals surface area (Å²) in [7, 11) is 0. The second-order valence-corrected chi connectivity index (χ2v) is 6.80. The van der Waals surface area contributed by atoms with Crippen LogP contribution in [0.5, 0.6) is 0 Å². The van der Waals surface area contributed by atoms with E-state index in [0.717, 1.165) is 27.9 Å². The van der Waals surface area contributed by atoms with Crippen molar-refractivity contribution in [3.8, 4) is 0 Å². The summed E-state index contributed by atoms with van der Waals surface area (Å²) in [4.78, 5) is 24.5. The third kappa shape index (κ3) is 4.01. The van der Waals surface area contributed by atoms with E-state index in [1.807, 2.05) is 58.0 Å². The number of urea groups is 1. The highest BCUT2D eigenvalue weighted by Gasteiger charge is 2.19. The van der Waals surface area contributed by atoms with E-state index in [4.69, 9.17) is 4.42 Å². The first-order valence-electron chi connectivity index (χ1n) is 9.35. The van der Waals surface area contributed by atoms with Gasteiger partial charge in [-0.05, 0) is 51.5 Å². The van der Waals surface area contributed by atoms with Crippen molar-refractivity contribution >= 4 is 28.6 Å². The summed E-state index contributed by atoms with van der Waals surface area (Å²) in [6.45, 7) is 8.15. The van der Waals surface area contributed by atoms with Gasteiger partial charge in [0.2, 0.25) is 0 Å². The smallest absolute Gasteiger partial charge is 0.319 e. The molecule has 146 valence electrons. The minimum Gasteiger partial charge on any atom is -0.459 e. The Morgan fingerprint density at radius 3 is 2.57 bits per heavy atom. The van der Waals surface area contributed by atoms with Gasteiger partial charge in [0.05, 0.1) is 6.04 Å². The Morgan fingerprint density at radius 1 is 1.11 bits per heavy atom. The standard InChI is InChI=1S/C22H25N3O3/c1-5-23-21(26)16-11-10-13(2)18(12-16)25-22(27)24-15(4)20-14(3)17-8-6-7-9-19(17)28-20/h6-12,15H,5H2,1-4H3,(H,23,26)(H2,24,25,27)/t15-/m1/s1. The van der Waals surface area contributed by atoms with Crippen LogP contribution in [0.4, 0.5) is 10.5 Å². The van der Waals surface area contributed by atoms with Crippen LogP contribution in [-0.4, -0.2) is 18.5 Å². The van der Waals surface area contributed by atoms with Crippen LogP contribution < -0.4 is 16.0 Å². The molecular weight excluding hydrogens is 354 g/mol. The number of para-hydroxylation sites is 1. The molecule has 28 heavy (non-hydrogen) atoms. The minimum atomic E-state index is -0.358. The number of hydrogen-bond acceptors (Lipinski definition) is 3. The Hall–Kier alpha value is -3.28. The number of nitrogens with one attached hydrogen (secondary N) is 3. The lowest BCUT2D eigenvalue weighted by Gasteiger charge is -2.15. The third-order valence-electron chi connectivity index (χ3n) is 4.71. The number of carbonyl (C=O) groups is 2. The molecule has 0 unspecified atom stereocenters. The molecule has 0 spiro atoms. The fraction of sp³-hybridized carbons (Fsp3) is 0.273. The van der Waals surface area contributed by atoms with Gasteiger partial charge in [-0.2, -0.15) is 0 Å². The molecule has 3 amide bonds. The zero-order valence-electron chi connectivity index (χ0n) is 16.6. The Bertz CT molecular complexity index is 1020. The van der Waals surface area contributed by atoms with Crippen LogP contribution in [0.3, 0.4) is 0 Å². The molecule has 0 saturated heterocycles. The normalized spacial score (nSPS) is 11.9. The molecule has 3 N–H and O–H groups in total. The molecular formula is C22H25N3O3. The lowest BCUT2D eigenvalue weighted by Crippen LogP contribution is -2.31. The summed E-state index contributed by atoms with van der Waals surface area (Å²) >= 11 is 0. The summed E-state index contributed by atoms with van der Waals surface area (Å²) in [6, 6.07) is 12.4. The van der Waals surface area contributed by atoms with Crippen LogP contribution in [0.1, 0.15) is 47.1 Å². The molecule has 0 bridgehead atoms. The molecule has 1 atom stereocenters. The summed E-state index contributed by atoms with van der Waals surface area (Å²) < 4.78 is 5.92. The molecule has 0 saturated carbocycles. The van der Waals surface area contributed by atoms with Crippen LogP contribution >= 0.6 is 0 Å². The molecule has 6 nitrogen and oxygen atoms in total. The van der Waals surface area contributed by atoms with E-state index in [-0.39, 0.29) is 18.0 Å². The second-order valence-electron chi connectivity index (χ2n) is 6.80. The number of anilines is 1. The second kappa shape index (κ2) is 8.17. The molecule has 0 aliphatic carbocycles. The summed E-state index contributed by atoms with van der Waals surface area (Å²) in [5.74, 6) is 0.557. The number of amides is 3. The lowest BCUT2D eigenvalue weighted by molar-refractivity contribution is 0.0956. The van der Waals surface area contributed by atoms with E-state index in [1.165, 1.54) is 0 Å². The van der Waals surface area contributed by atoms with Crippen LogP contribution in [0, 0.1) is 13.8 Å². The van der Waals surface area contributed by atoms with Crippen molar-refractivity contribution in [3.05, 3.63) is 64.9 Å². The van der Waals surface area contributed by atoms with Gasteiger partial charge in [-0.15, -0.1) is 0 Å². The van der Waals surface area contributed by atoms with Crippen LogP contribution in [-0.2, 0) is 0 Å². The fourth-order valence-electron chi connectivity index (χ4n) is 3.19. The van der Waals surface area contributed by atoms with Gasteiger partial charge in [-0.25, -0.2) is 4.79 Å². The Morgan fingerprint density at radius 2 is 1.86 bits per heavy atom. The molecule has 3 rings (SSSR count). The lowest BCUT2D eigenvalue weighted by atomic mass is 10.1. The first kappa shape index (κ1) is 19.5. The number of rotatable bonds is 5. The Labute approximate surface area is 164 Å². The highest BCUT2D eigenvalue weighted by molar-refractivity contribution is 5.97. The van der Waals surface area contributed by atoms with Crippen LogP contribution in [0.2, 0.25) is 0 Å². The van der Waals surface area contributed by atoms with Crippen molar-refractivity contribution in [1.82, 2.24) is 10.6 Å².